The average Bonchev–Trinajstić information content (AvgIpc) is 2.97. The molecule has 0 bridgehead atoms. The van der Waals surface area contributed by atoms with Crippen molar-refractivity contribution in [2.24, 2.45) is 0 Å². The van der Waals surface area contributed by atoms with Gasteiger partial charge in [0.15, 0.2) is 0 Å². The number of aliphatic hydroxyl groups excluding tert-OH is 9. The molecular weight excluding hydrogens is 548 g/mol. The van der Waals surface area contributed by atoms with E-state index in [0.717, 1.165) is 0 Å². The first-order valence-corrected chi connectivity index (χ1v) is 13.0. The summed E-state index contributed by atoms with van der Waals surface area (Å²) in [6.07, 6.45) is -15.6. The van der Waals surface area contributed by atoms with Crippen molar-refractivity contribution in [2.45, 2.75) is 74.4 Å². The highest BCUT2D eigenvalue weighted by Crippen LogP contribution is 2.40. The molecule has 41 heavy (non-hydrogen) atoms. The number of aliphatic hydroxyl groups is 9. The van der Waals surface area contributed by atoms with Gasteiger partial charge in [0, 0.05) is 0 Å². The summed E-state index contributed by atoms with van der Waals surface area (Å²) >= 11 is 0. The third kappa shape index (κ3) is 5.33. The van der Waals surface area contributed by atoms with Gasteiger partial charge >= 0.3 is 0 Å². The highest BCUT2D eigenvalue weighted by molar-refractivity contribution is 6.15. The Labute approximate surface area is 233 Å². The Morgan fingerprint density at radius 2 is 1.22 bits per heavy atom. The molecule has 10 atom stereocenters. The summed E-state index contributed by atoms with van der Waals surface area (Å²) < 4.78 is 22.5. The first kappa shape index (κ1) is 29.8. The summed E-state index contributed by atoms with van der Waals surface area (Å²) in [4.78, 5) is 14.0. The van der Waals surface area contributed by atoms with Gasteiger partial charge in [0.25, 0.3) is 0 Å². The number of hydrogen-bond acceptors (Lipinski definition) is 14. The minimum atomic E-state index is -1.75. The molecule has 0 saturated carbocycles. The lowest BCUT2D eigenvalue weighted by Gasteiger charge is -2.40. The average molecular weight is 581 g/mol. The number of hydrogen-bond donors (Lipinski definition) is 9. The SMILES string of the molecule is O=C1c2c(cc(CO)cc2O[C@@H]2O[C@H](CO)[C@@H](O)[C@H](O)[C@H]2O)Cc2cccc(O[C@H]3O[C@H](CO)[C@H](O)[C@H](O)[C@H]3O)c21. The van der Waals surface area contributed by atoms with E-state index in [4.69, 9.17) is 18.9 Å². The fourth-order valence-electron chi connectivity index (χ4n) is 5.31. The van der Waals surface area contributed by atoms with E-state index in [1.807, 2.05) is 0 Å². The lowest BCUT2D eigenvalue weighted by molar-refractivity contribution is -0.277. The van der Waals surface area contributed by atoms with Crippen LogP contribution in [-0.4, -0.2) is 126 Å². The maximum absolute atomic E-state index is 14.0. The van der Waals surface area contributed by atoms with E-state index in [9.17, 15) is 50.8 Å². The maximum atomic E-state index is 14.0. The molecule has 14 heteroatoms. The molecule has 0 unspecified atom stereocenters. The first-order chi connectivity index (χ1) is 19.6. The van der Waals surface area contributed by atoms with Crippen molar-refractivity contribution in [3.8, 4) is 11.5 Å². The molecule has 5 rings (SSSR count). The van der Waals surface area contributed by atoms with Crippen LogP contribution >= 0.6 is 0 Å². The third-order valence-electron chi connectivity index (χ3n) is 7.56. The quantitative estimate of drug-likeness (QED) is 0.133. The van der Waals surface area contributed by atoms with E-state index in [1.165, 1.54) is 12.1 Å². The molecule has 1 aliphatic carbocycles. The molecule has 2 fully saturated rings. The van der Waals surface area contributed by atoms with Crippen LogP contribution in [0.25, 0.3) is 0 Å². The maximum Gasteiger partial charge on any atom is 0.229 e. The molecule has 2 aromatic rings. The highest BCUT2D eigenvalue weighted by Gasteiger charge is 2.47. The summed E-state index contributed by atoms with van der Waals surface area (Å²) in [6.45, 7) is -1.78. The van der Waals surface area contributed by atoms with Gasteiger partial charge < -0.3 is 64.9 Å². The number of rotatable bonds is 7. The van der Waals surface area contributed by atoms with Gasteiger partial charge in [-0.1, -0.05) is 18.2 Å². The Morgan fingerprint density at radius 3 is 1.76 bits per heavy atom. The summed E-state index contributed by atoms with van der Waals surface area (Å²) in [5.74, 6) is -0.757. The van der Waals surface area contributed by atoms with Crippen molar-refractivity contribution in [3.05, 3.63) is 58.1 Å². The second-order valence-electron chi connectivity index (χ2n) is 10.2. The van der Waals surface area contributed by atoms with Gasteiger partial charge in [0.05, 0.1) is 30.9 Å². The van der Waals surface area contributed by atoms with Crippen LogP contribution in [0.4, 0.5) is 0 Å². The summed E-state index contributed by atoms with van der Waals surface area (Å²) in [6, 6.07) is 7.65. The van der Waals surface area contributed by atoms with Gasteiger partial charge in [0.1, 0.15) is 60.3 Å². The Morgan fingerprint density at radius 1 is 0.683 bits per heavy atom. The van der Waals surface area contributed by atoms with E-state index in [-0.39, 0.29) is 29.0 Å². The highest BCUT2D eigenvalue weighted by atomic mass is 16.7. The molecule has 0 amide bonds. The van der Waals surface area contributed by atoms with Crippen LogP contribution in [0.2, 0.25) is 0 Å². The largest absolute Gasteiger partial charge is 0.461 e. The number of ketones is 1. The van der Waals surface area contributed by atoms with Gasteiger partial charge in [-0.2, -0.15) is 0 Å². The zero-order chi connectivity index (χ0) is 29.6. The van der Waals surface area contributed by atoms with Gasteiger partial charge in [0.2, 0.25) is 18.4 Å². The normalized spacial score (nSPS) is 35.0. The third-order valence-corrected chi connectivity index (χ3v) is 7.56. The number of carbonyl (C=O) groups is 1. The van der Waals surface area contributed by atoms with E-state index in [0.29, 0.717) is 16.7 Å². The van der Waals surface area contributed by atoms with Crippen molar-refractivity contribution in [1.29, 1.82) is 0 Å². The summed E-state index contributed by atoms with van der Waals surface area (Å²) in [7, 11) is 0. The zero-order valence-corrected chi connectivity index (χ0v) is 21.6. The number of ether oxygens (including phenoxy) is 4. The minimum Gasteiger partial charge on any atom is -0.461 e. The molecule has 3 aliphatic rings. The number of benzene rings is 2. The van der Waals surface area contributed by atoms with E-state index < -0.39 is 87.0 Å². The van der Waals surface area contributed by atoms with Crippen LogP contribution < -0.4 is 9.47 Å². The zero-order valence-electron chi connectivity index (χ0n) is 21.6. The van der Waals surface area contributed by atoms with Crippen LogP contribution in [0.3, 0.4) is 0 Å². The van der Waals surface area contributed by atoms with Crippen LogP contribution in [0, 0.1) is 0 Å². The van der Waals surface area contributed by atoms with Crippen LogP contribution in [0.15, 0.2) is 30.3 Å². The first-order valence-electron chi connectivity index (χ1n) is 13.0. The smallest absolute Gasteiger partial charge is 0.229 e. The number of fused-ring (bicyclic) bond motifs is 2. The van der Waals surface area contributed by atoms with Gasteiger partial charge in [-0.15, -0.1) is 0 Å². The minimum absolute atomic E-state index is 0.0245. The summed E-state index contributed by atoms with van der Waals surface area (Å²) in [5.41, 5.74) is 1.43. The lowest BCUT2D eigenvalue weighted by Crippen LogP contribution is -2.60. The van der Waals surface area contributed by atoms with Crippen LogP contribution in [0.1, 0.15) is 32.6 Å². The monoisotopic (exact) mass is 580 g/mol. The van der Waals surface area contributed by atoms with E-state index in [1.54, 1.807) is 18.2 Å². The predicted molar refractivity (Wildman–Crippen MR) is 134 cm³/mol. The van der Waals surface area contributed by atoms with Crippen molar-refractivity contribution >= 4 is 5.78 Å². The number of carbonyl (C=O) groups excluding carboxylic acids is 1. The van der Waals surface area contributed by atoms with E-state index >= 15 is 0 Å². The van der Waals surface area contributed by atoms with Gasteiger partial charge in [-0.05, 0) is 35.2 Å². The van der Waals surface area contributed by atoms with Crippen LogP contribution in [0.5, 0.6) is 11.5 Å². The molecule has 2 aliphatic heterocycles. The molecule has 0 radical (unpaired) electrons. The second-order valence-corrected chi connectivity index (χ2v) is 10.2. The Kier molecular flexibility index (Phi) is 8.61. The molecule has 9 N–H and O–H groups in total. The molecular formula is C27H32O14. The molecule has 2 heterocycles. The van der Waals surface area contributed by atoms with Crippen molar-refractivity contribution < 1.29 is 69.7 Å². The van der Waals surface area contributed by atoms with Crippen molar-refractivity contribution in [2.75, 3.05) is 13.2 Å². The Hall–Kier alpha value is -2.73. The fourth-order valence-corrected chi connectivity index (χ4v) is 5.31. The van der Waals surface area contributed by atoms with E-state index in [2.05, 4.69) is 0 Å². The second kappa shape index (κ2) is 11.9. The molecule has 0 spiro atoms. The fraction of sp³-hybridized carbons (Fsp3) is 0.519. The van der Waals surface area contributed by atoms with Crippen molar-refractivity contribution in [3.63, 3.8) is 0 Å². The Bertz CT molecular complexity index is 1260. The van der Waals surface area contributed by atoms with Gasteiger partial charge in [-0.3, -0.25) is 4.79 Å². The standard InChI is InChI=1S/C27H32O14/c28-7-10-4-12-6-11-2-1-3-13(38-26-24(36)22(34)19(31)15(8-29)40-26)17(11)21(33)18(12)14(5-10)39-27-25(37)23(35)20(32)16(9-30)41-27/h1-5,15-16,19-20,22-32,34-37H,6-9H2/t15-,16-,19+,20-,22+,23+,24-,25-,26+,27-/m1/s1. The lowest BCUT2D eigenvalue weighted by atomic mass is 9.83. The predicted octanol–water partition coefficient (Wildman–Crippen LogP) is -3.33. The topological polar surface area (TPSA) is 236 Å². The van der Waals surface area contributed by atoms with Crippen LogP contribution in [-0.2, 0) is 22.5 Å². The molecule has 0 aromatic heterocycles. The molecule has 14 nitrogen and oxygen atoms in total. The summed E-state index contributed by atoms with van der Waals surface area (Å²) in [5, 5.41) is 90.2. The van der Waals surface area contributed by atoms with Crippen molar-refractivity contribution in [1.82, 2.24) is 0 Å². The molecule has 2 saturated heterocycles. The molecule has 224 valence electrons. The van der Waals surface area contributed by atoms with Gasteiger partial charge in [-0.25, -0.2) is 0 Å². The Balaban J connectivity index is 1.49. The molecule has 2 aromatic carbocycles.